The minimum Gasteiger partial charge on any atom is -0.338 e. The van der Waals surface area contributed by atoms with Gasteiger partial charge in [-0.15, -0.1) is 0 Å². The van der Waals surface area contributed by atoms with Gasteiger partial charge >= 0.3 is 0 Å². The number of halogens is 2. The first-order valence-corrected chi connectivity index (χ1v) is 9.97. The second kappa shape index (κ2) is 7.08. The number of carbonyl (C=O) groups excluding carboxylic acids is 1. The Balaban J connectivity index is 1.41. The standard InChI is InChI=1S/C20H22F2N2OS/c21-17-3-2-15(10-18(17)22)11-23-7-1-5-20(13-23)6-8-24(14-20)19(25)16-4-9-26-12-16/h2-4,9-10,12H,1,5-8,11,13-14H2/t20-/m1/s1. The molecule has 0 aliphatic carbocycles. The van der Waals surface area contributed by atoms with Gasteiger partial charge in [-0.2, -0.15) is 11.3 Å². The Bertz CT molecular complexity index is 795. The number of hydrogen-bond donors (Lipinski definition) is 0. The molecular weight excluding hydrogens is 354 g/mol. The number of piperidine rings is 1. The number of carbonyl (C=O) groups is 1. The molecule has 138 valence electrons. The maximum atomic E-state index is 13.5. The predicted molar refractivity (Wildman–Crippen MR) is 98.1 cm³/mol. The third kappa shape index (κ3) is 3.53. The average Bonchev–Trinajstić information content (AvgIpc) is 3.28. The molecular formula is C20H22F2N2OS. The van der Waals surface area contributed by atoms with Gasteiger partial charge in [-0.1, -0.05) is 6.07 Å². The van der Waals surface area contributed by atoms with E-state index < -0.39 is 11.6 Å². The van der Waals surface area contributed by atoms with Gasteiger partial charge < -0.3 is 4.90 Å². The average molecular weight is 376 g/mol. The van der Waals surface area contributed by atoms with Crippen molar-refractivity contribution in [2.45, 2.75) is 25.8 Å². The molecule has 1 spiro atoms. The summed E-state index contributed by atoms with van der Waals surface area (Å²) in [6.07, 6.45) is 3.20. The smallest absolute Gasteiger partial charge is 0.254 e. The minimum atomic E-state index is -0.803. The second-order valence-corrected chi connectivity index (χ2v) is 8.33. The number of hydrogen-bond acceptors (Lipinski definition) is 3. The van der Waals surface area contributed by atoms with E-state index in [-0.39, 0.29) is 11.3 Å². The molecule has 3 heterocycles. The number of likely N-dealkylation sites (tertiary alicyclic amines) is 2. The van der Waals surface area contributed by atoms with E-state index >= 15 is 0 Å². The van der Waals surface area contributed by atoms with E-state index in [0.29, 0.717) is 6.54 Å². The molecule has 2 aliphatic rings. The number of amides is 1. The lowest BCUT2D eigenvalue weighted by Gasteiger charge is -2.40. The van der Waals surface area contributed by atoms with E-state index in [4.69, 9.17) is 0 Å². The van der Waals surface area contributed by atoms with Gasteiger partial charge in [0.05, 0.1) is 5.56 Å². The Morgan fingerprint density at radius 2 is 2.00 bits per heavy atom. The van der Waals surface area contributed by atoms with Gasteiger partial charge in [0.15, 0.2) is 11.6 Å². The molecule has 2 saturated heterocycles. The van der Waals surface area contributed by atoms with Crippen molar-refractivity contribution in [1.29, 1.82) is 0 Å². The zero-order valence-electron chi connectivity index (χ0n) is 14.6. The maximum absolute atomic E-state index is 13.5. The molecule has 0 N–H and O–H groups in total. The summed E-state index contributed by atoms with van der Waals surface area (Å²) in [6, 6.07) is 6.02. The van der Waals surface area contributed by atoms with Crippen LogP contribution in [-0.2, 0) is 6.54 Å². The van der Waals surface area contributed by atoms with E-state index in [2.05, 4.69) is 4.90 Å². The summed E-state index contributed by atoms with van der Waals surface area (Å²) in [6.45, 7) is 4.07. The van der Waals surface area contributed by atoms with Crippen LogP contribution in [0.2, 0.25) is 0 Å². The molecule has 3 nitrogen and oxygen atoms in total. The van der Waals surface area contributed by atoms with Gasteiger partial charge in [-0.05, 0) is 54.9 Å². The van der Waals surface area contributed by atoms with Crippen molar-refractivity contribution < 1.29 is 13.6 Å². The van der Waals surface area contributed by atoms with Gasteiger partial charge in [0.2, 0.25) is 0 Å². The summed E-state index contributed by atoms with van der Waals surface area (Å²) in [5.74, 6) is -1.47. The topological polar surface area (TPSA) is 23.6 Å². The van der Waals surface area contributed by atoms with Crippen molar-refractivity contribution in [3.8, 4) is 0 Å². The normalized spacial score (nSPS) is 23.7. The van der Waals surface area contributed by atoms with Crippen molar-refractivity contribution in [1.82, 2.24) is 9.80 Å². The maximum Gasteiger partial charge on any atom is 0.254 e. The molecule has 1 aromatic carbocycles. The van der Waals surface area contributed by atoms with E-state index in [1.54, 1.807) is 17.4 Å². The molecule has 1 aromatic heterocycles. The van der Waals surface area contributed by atoms with Crippen LogP contribution in [-0.4, -0.2) is 41.9 Å². The molecule has 4 rings (SSSR count). The van der Waals surface area contributed by atoms with Crippen LogP contribution in [0.4, 0.5) is 8.78 Å². The molecule has 0 saturated carbocycles. The van der Waals surface area contributed by atoms with Gasteiger partial charge in [-0.25, -0.2) is 8.78 Å². The van der Waals surface area contributed by atoms with Gasteiger partial charge in [0.1, 0.15) is 0 Å². The van der Waals surface area contributed by atoms with Crippen molar-refractivity contribution in [2.24, 2.45) is 5.41 Å². The lowest BCUT2D eigenvalue weighted by molar-refractivity contribution is 0.0675. The van der Waals surface area contributed by atoms with Crippen LogP contribution in [0.5, 0.6) is 0 Å². The predicted octanol–water partition coefficient (Wildman–Crippen LogP) is 4.15. The molecule has 6 heteroatoms. The lowest BCUT2D eigenvalue weighted by atomic mass is 9.79. The first-order chi connectivity index (χ1) is 12.5. The van der Waals surface area contributed by atoms with Crippen molar-refractivity contribution in [3.63, 3.8) is 0 Å². The highest BCUT2D eigenvalue weighted by atomic mass is 32.1. The Morgan fingerprint density at radius 1 is 1.12 bits per heavy atom. The van der Waals surface area contributed by atoms with Crippen molar-refractivity contribution in [2.75, 3.05) is 26.2 Å². The van der Waals surface area contributed by atoms with Crippen LogP contribution in [0, 0.1) is 17.0 Å². The van der Waals surface area contributed by atoms with Crippen LogP contribution in [0.3, 0.4) is 0 Å². The molecule has 2 fully saturated rings. The Labute approximate surface area is 156 Å². The van der Waals surface area contributed by atoms with Gasteiger partial charge in [-0.3, -0.25) is 9.69 Å². The summed E-state index contributed by atoms with van der Waals surface area (Å²) < 4.78 is 26.6. The summed E-state index contributed by atoms with van der Waals surface area (Å²) in [4.78, 5) is 16.9. The monoisotopic (exact) mass is 376 g/mol. The highest BCUT2D eigenvalue weighted by Crippen LogP contribution is 2.40. The lowest BCUT2D eigenvalue weighted by Crippen LogP contribution is -2.45. The number of rotatable bonds is 3. The highest BCUT2D eigenvalue weighted by molar-refractivity contribution is 7.08. The first-order valence-electron chi connectivity index (χ1n) is 9.02. The van der Waals surface area contributed by atoms with Crippen molar-refractivity contribution >= 4 is 17.2 Å². The van der Waals surface area contributed by atoms with Crippen LogP contribution in [0.1, 0.15) is 35.2 Å². The summed E-state index contributed by atoms with van der Waals surface area (Å²) >= 11 is 1.54. The van der Waals surface area contributed by atoms with E-state index in [9.17, 15) is 13.6 Å². The third-order valence-electron chi connectivity index (χ3n) is 5.62. The van der Waals surface area contributed by atoms with Crippen LogP contribution in [0.15, 0.2) is 35.0 Å². The molecule has 26 heavy (non-hydrogen) atoms. The number of benzene rings is 1. The largest absolute Gasteiger partial charge is 0.338 e. The highest BCUT2D eigenvalue weighted by Gasteiger charge is 2.42. The quantitative estimate of drug-likeness (QED) is 0.803. The second-order valence-electron chi connectivity index (χ2n) is 7.55. The fourth-order valence-electron chi connectivity index (χ4n) is 4.35. The zero-order chi connectivity index (χ0) is 18.1. The summed E-state index contributed by atoms with van der Waals surface area (Å²) in [5.41, 5.74) is 1.70. The van der Waals surface area contributed by atoms with Crippen LogP contribution in [0.25, 0.3) is 0 Å². The van der Waals surface area contributed by atoms with Crippen LogP contribution >= 0.6 is 11.3 Å². The molecule has 1 atom stereocenters. The van der Waals surface area contributed by atoms with Crippen molar-refractivity contribution in [3.05, 3.63) is 57.8 Å². The van der Waals surface area contributed by atoms with Crippen LogP contribution < -0.4 is 0 Å². The number of thiophene rings is 1. The van der Waals surface area contributed by atoms with Gasteiger partial charge in [0, 0.05) is 37.0 Å². The van der Waals surface area contributed by atoms with E-state index in [0.717, 1.165) is 56.6 Å². The summed E-state index contributed by atoms with van der Waals surface area (Å²) in [7, 11) is 0. The Kier molecular flexibility index (Phi) is 4.80. The Hall–Kier alpha value is -1.79. The first kappa shape index (κ1) is 17.6. The molecule has 0 radical (unpaired) electrons. The minimum absolute atomic E-state index is 0.126. The third-order valence-corrected chi connectivity index (χ3v) is 6.31. The van der Waals surface area contributed by atoms with E-state index in [1.807, 2.05) is 21.7 Å². The fraction of sp³-hybridized carbons (Fsp3) is 0.450. The molecule has 2 aliphatic heterocycles. The van der Waals surface area contributed by atoms with E-state index in [1.165, 1.54) is 12.1 Å². The summed E-state index contributed by atoms with van der Waals surface area (Å²) in [5, 5.41) is 3.84. The fourth-order valence-corrected chi connectivity index (χ4v) is 4.98. The van der Waals surface area contributed by atoms with Gasteiger partial charge in [0.25, 0.3) is 5.91 Å². The molecule has 2 aromatic rings. The number of nitrogens with zero attached hydrogens (tertiary/aromatic N) is 2. The molecule has 0 unspecified atom stereocenters. The SMILES string of the molecule is O=C(c1ccsc1)N1CC[C@@]2(CCCN(Cc3ccc(F)c(F)c3)C2)C1. The Morgan fingerprint density at radius 3 is 2.77 bits per heavy atom. The molecule has 1 amide bonds. The molecule has 0 bridgehead atoms. The zero-order valence-corrected chi connectivity index (χ0v) is 15.4.